The fourth-order valence-electron chi connectivity index (χ4n) is 4.73. The van der Waals surface area contributed by atoms with E-state index in [9.17, 15) is 18.0 Å². The van der Waals surface area contributed by atoms with Gasteiger partial charge >= 0.3 is 0 Å². The van der Waals surface area contributed by atoms with Gasteiger partial charge in [-0.05, 0) is 60.5 Å². The van der Waals surface area contributed by atoms with Crippen molar-refractivity contribution in [2.24, 2.45) is 0 Å². The zero-order chi connectivity index (χ0) is 32.7. The maximum Gasteiger partial charge on any atom is 0.264 e. The SMILES string of the molecule is CNC(=O)C(Cc1ccccc1)N(Cc1ccc(Cl)cc1Cl)C(=O)CN(c1ccc(OC)c(Cl)c1)S(=O)(=O)c1ccc(C)cc1. The number of hydrogen-bond donors (Lipinski definition) is 1. The smallest absolute Gasteiger partial charge is 0.264 e. The summed E-state index contributed by atoms with van der Waals surface area (Å²) in [7, 11) is -1.37. The zero-order valence-electron chi connectivity index (χ0n) is 24.8. The number of amides is 2. The Bertz CT molecular complexity index is 1770. The van der Waals surface area contributed by atoms with Crippen LogP contribution in [0.3, 0.4) is 0 Å². The number of ether oxygens (including phenoxy) is 1. The number of hydrogen-bond acceptors (Lipinski definition) is 5. The van der Waals surface area contributed by atoms with E-state index in [4.69, 9.17) is 39.5 Å². The number of nitrogens with one attached hydrogen (secondary N) is 1. The van der Waals surface area contributed by atoms with Crippen LogP contribution in [0.4, 0.5) is 5.69 Å². The van der Waals surface area contributed by atoms with Gasteiger partial charge in [0.2, 0.25) is 11.8 Å². The van der Waals surface area contributed by atoms with Crippen LogP contribution >= 0.6 is 34.8 Å². The second-order valence-corrected chi connectivity index (χ2v) is 13.3. The van der Waals surface area contributed by atoms with Gasteiger partial charge < -0.3 is 15.0 Å². The largest absolute Gasteiger partial charge is 0.495 e. The Morgan fingerprint density at radius 1 is 0.889 bits per heavy atom. The number of anilines is 1. The first kappa shape index (κ1) is 34.1. The lowest BCUT2D eigenvalue weighted by atomic mass is 10.0. The quantitative estimate of drug-likeness (QED) is 0.182. The third kappa shape index (κ3) is 8.29. The minimum atomic E-state index is -4.29. The number of carbonyl (C=O) groups is 2. The van der Waals surface area contributed by atoms with E-state index in [1.807, 2.05) is 37.3 Å². The molecule has 1 atom stereocenters. The summed E-state index contributed by atoms with van der Waals surface area (Å²) < 4.78 is 34.5. The summed E-state index contributed by atoms with van der Waals surface area (Å²) in [6.07, 6.45) is 0.163. The van der Waals surface area contributed by atoms with Gasteiger partial charge in [-0.2, -0.15) is 0 Å². The minimum Gasteiger partial charge on any atom is -0.495 e. The van der Waals surface area contributed by atoms with Gasteiger partial charge in [-0.3, -0.25) is 13.9 Å². The van der Waals surface area contributed by atoms with Crippen LogP contribution < -0.4 is 14.4 Å². The van der Waals surface area contributed by atoms with E-state index in [1.54, 1.807) is 30.3 Å². The average molecular weight is 689 g/mol. The van der Waals surface area contributed by atoms with Crippen molar-refractivity contribution in [2.45, 2.75) is 30.8 Å². The van der Waals surface area contributed by atoms with Gasteiger partial charge in [0.25, 0.3) is 10.0 Å². The first-order chi connectivity index (χ1) is 21.4. The zero-order valence-corrected chi connectivity index (χ0v) is 27.9. The third-order valence-electron chi connectivity index (χ3n) is 7.18. The molecule has 0 aliphatic rings. The van der Waals surface area contributed by atoms with Crippen molar-refractivity contribution >= 4 is 62.3 Å². The molecular formula is C33H32Cl3N3O5S. The number of methoxy groups -OCH3 is 1. The lowest BCUT2D eigenvalue weighted by molar-refractivity contribution is -0.139. The molecule has 0 aliphatic carbocycles. The number of carbonyl (C=O) groups excluding carboxylic acids is 2. The molecule has 4 rings (SSSR count). The highest BCUT2D eigenvalue weighted by molar-refractivity contribution is 7.92. The van der Waals surface area contributed by atoms with E-state index >= 15 is 0 Å². The molecule has 8 nitrogen and oxygen atoms in total. The highest BCUT2D eigenvalue weighted by atomic mass is 35.5. The maximum absolute atomic E-state index is 14.4. The van der Waals surface area contributed by atoms with Gasteiger partial charge in [-0.1, -0.05) is 88.9 Å². The molecule has 4 aromatic rings. The molecule has 236 valence electrons. The van der Waals surface area contributed by atoms with Gasteiger partial charge in [0, 0.05) is 30.1 Å². The lowest BCUT2D eigenvalue weighted by Crippen LogP contribution is -2.53. The fourth-order valence-corrected chi connectivity index (χ4v) is 6.86. The maximum atomic E-state index is 14.4. The Labute approximate surface area is 278 Å². The summed E-state index contributed by atoms with van der Waals surface area (Å²) in [6.45, 7) is 1.10. The van der Waals surface area contributed by atoms with Gasteiger partial charge in [0.15, 0.2) is 0 Å². The summed E-state index contributed by atoms with van der Waals surface area (Å²) in [4.78, 5) is 29.1. The standard InChI is InChI=1S/C33H32Cl3N3O5S/c1-22-9-14-27(15-10-22)45(42,43)39(26-13-16-31(44-3)29(36)19-26)21-32(40)38(20-24-11-12-25(34)18-28(24)35)30(33(41)37-2)17-23-7-5-4-6-8-23/h4-16,18-19,30H,17,20-21H2,1-3H3,(H,37,41). The van der Waals surface area contributed by atoms with Crippen molar-refractivity contribution in [3.05, 3.63) is 123 Å². The van der Waals surface area contributed by atoms with Crippen LogP contribution in [0.5, 0.6) is 5.75 Å². The summed E-state index contributed by atoms with van der Waals surface area (Å²) >= 11 is 19.0. The number of aryl methyl sites for hydroxylation is 1. The predicted molar refractivity (Wildman–Crippen MR) is 179 cm³/mol. The van der Waals surface area contributed by atoms with E-state index < -0.39 is 34.4 Å². The predicted octanol–water partition coefficient (Wildman–Crippen LogP) is 6.55. The number of sulfonamides is 1. The second kappa shape index (κ2) is 15.0. The molecule has 0 spiro atoms. The van der Waals surface area contributed by atoms with Gasteiger partial charge in [-0.25, -0.2) is 8.42 Å². The topological polar surface area (TPSA) is 96.0 Å². The van der Waals surface area contributed by atoms with E-state index in [2.05, 4.69) is 5.32 Å². The Balaban J connectivity index is 1.83. The number of likely N-dealkylation sites (N-methyl/N-ethyl adjacent to an activating group) is 1. The second-order valence-electron chi connectivity index (χ2n) is 10.2. The number of nitrogens with zero attached hydrogens (tertiary/aromatic N) is 2. The molecule has 0 fully saturated rings. The van der Waals surface area contributed by atoms with E-state index in [1.165, 1.54) is 49.4 Å². The molecule has 2 amide bonds. The minimum absolute atomic E-state index is 0.0210. The molecule has 1 unspecified atom stereocenters. The van der Waals surface area contributed by atoms with Crippen molar-refractivity contribution in [3.8, 4) is 5.75 Å². The number of halogens is 3. The van der Waals surface area contributed by atoms with E-state index in [0.29, 0.717) is 21.4 Å². The molecule has 0 aliphatic heterocycles. The molecule has 1 N–H and O–H groups in total. The Hall–Kier alpha value is -3.76. The van der Waals surface area contributed by atoms with E-state index in [0.717, 1.165) is 15.4 Å². The Morgan fingerprint density at radius 3 is 2.18 bits per heavy atom. The molecular weight excluding hydrogens is 657 g/mol. The van der Waals surface area contributed by atoms with E-state index in [-0.39, 0.29) is 28.6 Å². The van der Waals surface area contributed by atoms with Crippen LogP contribution in [0, 0.1) is 6.92 Å². The summed E-state index contributed by atoms with van der Waals surface area (Å²) in [5.41, 5.74) is 2.33. The molecule has 0 saturated carbocycles. The van der Waals surface area contributed by atoms with Crippen LogP contribution in [0.15, 0.2) is 95.9 Å². The monoisotopic (exact) mass is 687 g/mol. The number of rotatable bonds is 12. The highest BCUT2D eigenvalue weighted by Crippen LogP contribution is 2.33. The summed E-state index contributed by atoms with van der Waals surface area (Å²) in [5, 5.41) is 3.50. The molecule has 4 aromatic carbocycles. The van der Waals surface area contributed by atoms with Crippen molar-refractivity contribution in [3.63, 3.8) is 0 Å². The Morgan fingerprint density at radius 2 is 1.58 bits per heavy atom. The van der Waals surface area contributed by atoms with Gasteiger partial charge in [0.1, 0.15) is 18.3 Å². The van der Waals surface area contributed by atoms with Gasteiger partial charge in [-0.15, -0.1) is 0 Å². The normalized spacial score (nSPS) is 11.9. The first-order valence-electron chi connectivity index (χ1n) is 13.9. The summed E-state index contributed by atoms with van der Waals surface area (Å²) in [5.74, 6) is -0.744. The molecule has 0 aromatic heterocycles. The van der Waals surface area contributed by atoms with Crippen LogP contribution in [-0.2, 0) is 32.6 Å². The highest BCUT2D eigenvalue weighted by Gasteiger charge is 2.35. The third-order valence-corrected chi connectivity index (χ3v) is 9.85. The Kier molecular flexibility index (Phi) is 11.4. The van der Waals surface area contributed by atoms with Crippen molar-refractivity contribution in [1.82, 2.24) is 10.2 Å². The summed E-state index contributed by atoms with van der Waals surface area (Å²) in [6, 6.07) is 23.8. The van der Waals surface area contributed by atoms with Crippen LogP contribution in [0.25, 0.3) is 0 Å². The average Bonchev–Trinajstić information content (AvgIpc) is 3.02. The molecule has 45 heavy (non-hydrogen) atoms. The van der Waals surface area contributed by atoms with Crippen LogP contribution in [0.1, 0.15) is 16.7 Å². The van der Waals surface area contributed by atoms with Crippen LogP contribution in [0.2, 0.25) is 15.1 Å². The molecule has 0 heterocycles. The van der Waals surface area contributed by atoms with Gasteiger partial charge in [0.05, 0.1) is 22.7 Å². The number of benzene rings is 4. The first-order valence-corrected chi connectivity index (χ1v) is 16.4. The molecule has 0 saturated heterocycles. The molecule has 0 bridgehead atoms. The molecule has 12 heteroatoms. The van der Waals surface area contributed by atoms with Crippen molar-refractivity contribution < 1.29 is 22.7 Å². The lowest BCUT2D eigenvalue weighted by Gasteiger charge is -2.34. The molecule has 0 radical (unpaired) electrons. The van der Waals surface area contributed by atoms with Crippen LogP contribution in [-0.4, -0.2) is 51.9 Å². The fraction of sp³-hybridized carbons (Fsp3) is 0.212. The van der Waals surface area contributed by atoms with Crippen molar-refractivity contribution in [2.75, 3.05) is 25.0 Å². The van der Waals surface area contributed by atoms with Crippen molar-refractivity contribution in [1.29, 1.82) is 0 Å².